The highest BCUT2D eigenvalue weighted by molar-refractivity contribution is 6.27. The second-order valence-electron chi connectivity index (χ2n) is 12.8. The molecular formula is C45H25N5O3. The first-order chi connectivity index (χ1) is 26.2. The Morgan fingerprint density at radius 3 is 1.64 bits per heavy atom. The van der Waals surface area contributed by atoms with Crippen LogP contribution in [0.4, 0.5) is 0 Å². The van der Waals surface area contributed by atoms with Gasteiger partial charge < -0.3 is 13.3 Å². The van der Waals surface area contributed by atoms with Crippen LogP contribution >= 0.6 is 0 Å². The van der Waals surface area contributed by atoms with Crippen molar-refractivity contribution in [3.63, 3.8) is 0 Å². The molecule has 7 aromatic carbocycles. The Bertz CT molecular complexity index is 3170. The number of furan rings is 1. The third-order valence-corrected chi connectivity index (χ3v) is 9.60. The number of hydrogen-bond acceptors (Lipinski definition) is 8. The van der Waals surface area contributed by atoms with Gasteiger partial charge >= 0.3 is 0 Å². The molecule has 53 heavy (non-hydrogen) atoms. The molecule has 0 N–H and O–H groups in total. The highest BCUT2D eigenvalue weighted by atomic mass is 16.4. The van der Waals surface area contributed by atoms with E-state index in [1.165, 1.54) is 0 Å². The van der Waals surface area contributed by atoms with Crippen LogP contribution in [-0.2, 0) is 0 Å². The minimum atomic E-state index is 0.466. The minimum Gasteiger partial charge on any atom is -0.455 e. The van der Waals surface area contributed by atoms with Gasteiger partial charge in [0.05, 0.1) is 10.9 Å². The Morgan fingerprint density at radius 2 is 0.925 bits per heavy atom. The van der Waals surface area contributed by atoms with Gasteiger partial charge in [-0.1, -0.05) is 97.1 Å². The number of fused-ring (bicyclic) bond motifs is 8. The Labute approximate surface area is 301 Å². The van der Waals surface area contributed by atoms with E-state index in [9.17, 15) is 0 Å². The predicted molar refractivity (Wildman–Crippen MR) is 207 cm³/mol. The van der Waals surface area contributed by atoms with Crippen molar-refractivity contribution >= 4 is 54.9 Å². The Kier molecular flexibility index (Phi) is 6.38. The third-order valence-electron chi connectivity index (χ3n) is 9.60. The number of aromatic nitrogens is 5. The quantitative estimate of drug-likeness (QED) is 0.176. The maximum atomic E-state index is 6.77. The summed E-state index contributed by atoms with van der Waals surface area (Å²) in [5.41, 5.74) is 8.16. The van der Waals surface area contributed by atoms with Crippen LogP contribution in [0.15, 0.2) is 165 Å². The van der Waals surface area contributed by atoms with E-state index in [2.05, 4.69) is 18.2 Å². The number of benzene rings is 7. The first-order valence-corrected chi connectivity index (χ1v) is 17.3. The fourth-order valence-corrected chi connectivity index (χ4v) is 7.13. The number of nitrogens with zero attached hydrogens (tertiary/aromatic N) is 5. The molecular weight excluding hydrogens is 659 g/mol. The highest BCUT2D eigenvalue weighted by Gasteiger charge is 2.24. The Morgan fingerprint density at radius 1 is 0.358 bits per heavy atom. The average Bonchev–Trinajstić information content (AvgIpc) is 3.97. The molecule has 248 valence electrons. The fourth-order valence-electron chi connectivity index (χ4n) is 7.13. The summed E-state index contributed by atoms with van der Waals surface area (Å²) in [6.07, 6.45) is 0. The standard InChI is InChI=1S/C45H25N5O3/c1-4-13-26(14-5-1)41-48-42(31-21-12-22-34-38(31)46-44(52-34)27-15-6-2-7-16-27)50-43(49-41)32-25-29-19-10-11-20-30(29)36-37-33(51-40(32)36)23-24-35-39(37)47-45(53-35)28-17-8-3-9-18-28/h1-25H. The lowest BCUT2D eigenvalue weighted by Gasteiger charge is -2.10. The molecule has 8 nitrogen and oxygen atoms in total. The second kappa shape index (κ2) is 11.5. The van der Waals surface area contributed by atoms with E-state index in [1.807, 2.05) is 133 Å². The molecule has 0 radical (unpaired) electrons. The summed E-state index contributed by atoms with van der Waals surface area (Å²) >= 11 is 0. The largest absolute Gasteiger partial charge is 0.455 e. The van der Waals surface area contributed by atoms with Crippen molar-refractivity contribution in [1.29, 1.82) is 0 Å². The molecule has 4 heterocycles. The smallest absolute Gasteiger partial charge is 0.227 e. The Hall–Kier alpha value is -7.45. The van der Waals surface area contributed by atoms with Crippen molar-refractivity contribution in [2.75, 3.05) is 0 Å². The van der Waals surface area contributed by atoms with Crippen molar-refractivity contribution in [1.82, 2.24) is 24.9 Å². The van der Waals surface area contributed by atoms with E-state index in [4.69, 9.17) is 38.2 Å². The number of oxazole rings is 2. The van der Waals surface area contributed by atoms with E-state index >= 15 is 0 Å². The molecule has 0 spiro atoms. The molecule has 8 heteroatoms. The average molecular weight is 684 g/mol. The summed E-state index contributed by atoms with van der Waals surface area (Å²) in [5, 5.41) is 3.83. The number of hydrogen-bond donors (Lipinski definition) is 0. The lowest BCUT2D eigenvalue weighted by molar-refractivity contribution is 0.619. The van der Waals surface area contributed by atoms with Gasteiger partial charge in [0.1, 0.15) is 22.2 Å². The number of para-hydroxylation sites is 1. The van der Waals surface area contributed by atoms with Crippen molar-refractivity contribution in [2.45, 2.75) is 0 Å². The van der Waals surface area contributed by atoms with Gasteiger partial charge in [-0.3, -0.25) is 0 Å². The van der Waals surface area contributed by atoms with E-state index in [0.717, 1.165) is 54.9 Å². The van der Waals surface area contributed by atoms with Gasteiger partial charge in [-0.25, -0.2) is 24.9 Å². The molecule has 0 aliphatic rings. The molecule has 0 unspecified atom stereocenters. The van der Waals surface area contributed by atoms with Crippen molar-refractivity contribution in [3.8, 4) is 57.1 Å². The van der Waals surface area contributed by atoms with Gasteiger partial charge in [0, 0.05) is 27.6 Å². The zero-order valence-electron chi connectivity index (χ0n) is 27.9. The lowest BCUT2D eigenvalue weighted by atomic mass is 9.99. The van der Waals surface area contributed by atoms with Crippen LogP contribution in [-0.4, -0.2) is 24.9 Å². The van der Waals surface area contributed by atoms with E-state index in [-0.39, 0.29) is 0 Å². The van der Waals surface area contributed by atoms with E-state index < -0.39 is 0 Å². The molecule has 0 saturated heterocycles. The normalized spacial score (nSPS) is 11.8. The maximum Gasteiger partial charge on any atom is 0.227 e. The van der Waals surface area contributed by atoms with Crippen LogP contribution in [0.25, 0.3) is 112 Å². The Balaban J connectivity index is 1.19. The molecule has 0 saturated carbocycles. The highest BCUT2D eigenvalue weighted by Crippen LogP contribution is 2.44. The van der Waals surface area contributed by atoms with Crippen LogP contribution < -0.4 is 0 Å². The monoisotopic (exact) mass is 683 g/mol. The molecule has 0 aliphatic heterocycles. The third kappa shape index (κ3) is 4.73. The summed E-state index contributed by atoms with van der Waals surface area (Å²) < 4.78 is 19.3. The molecule has 0 aliphatic carbocycles. The molecule has 0 amide bonds. The second-order valence-corrected chi connectivity index (χ2v) is 12.8. The van der Waals surface area contributed by atoms with Gasteiger partial charge in [-0.2, -0.15) is 0 Å². The van der Waals surface area contributed by atoms with Crippen LogP contribution in [0.1, 0.15) is 0 Å². The SMILES string of the molecule is c1ccc(-c2nc(-c3cccc4oc(-c5ccccc5)nc34)nc(-c3cc4ccccc4c4c3oc3ccc5oc(-c6ccccc6)nc5c34)n2)cc1. The van der Waals surface area contributed by atoms with Crippen LogP contribution in [0.2, 0.25) is 0 Å². The zero-order chi connectivity index (χ0) is 34.9. The summed E-state index contributed by atoms with van der Waals surface area (Å²) in [6.45, 7) is 0. The lowest BCUT2D eigenvalue weighted by Crippen LogP contribution is -2.01. The molecule has 11 aromatic rings. The van der Waals surface area contributed by atoms with Crippen molar-refractivity contribution < 1.29 is 13.3 Å². The summed E-state index contributed by atoms with van der Waals surface area (Å²) in [6, 6.07) is 49.7. The molecule has 0 bridgehead atoms. The summed E-state index contributed by atoms with van der Waals surface area (Å²) in [5.74, 6) is 2.54. The van der Waals surface area contributed by atoms with Gasteiger partial charge in [0.15, 0.2) is 28.6 Å². The fraction of sp³-hybridized carbons (Fsp3) is 0. The topological polar surface area (TPSA) is 104 Å². The van der Waals surface area contributed by atoms with Gasteiger partial charge in [0.25, 0.3) is 0 Å². The first-order valence-electron chi connectivity index (χ1n) is 17.3. The van der Waals surface area contributed by atoms with Gasteiger partial charge in [-0.05, 0) is 65.4 Å². The van der Waals surface area contributed by atoms with Crippen molar-refractivity contribution in [3.05, 3.63) is 152 Å². The maximum absolute atomic E-state index is 6.77. The van der Waals surface area contributed by atoms with Crippen LogP contribution in [0.3, 0.4) is 0 Å². The van der Waals surface area contributed by atoms with E-state index in [0.29, 0.717) is 57.1 Å². The zero-order valence-corrected chi connectivity index (χ0v) is 27.9. The molecule has 4 aromatic heterocycles. The van der Waals surface area contributed by atoms with Crippen LogP contribution in [0, 0.1) is 0 Å². The van der Waals surface area contributed by atoms with Gasteiger partial charge in [-0.15, -0.1) is 0 Å². The minimum absolute atomic E-state index is 0.466. The van der Waals surface area contributed by atoms with Crippen molar-refractivity contribution in [2.24, 2.45) is 0 Å². The van der Waals surface area contributed by atoms with E-state index in [1.54, 1.807) is 0 Å². The first kappa shape index (κ1) is 29.3. The van der Waals surface area contributed by atoms with Crippen LogP contribution in [0.5, 0.6) is 0 Å². The predicted octanol–water partition coefficient (Wildman–Crippen LogP) is 11.5. The van der Waals surface area contributed by atoms with Gasteiger partial charge in [0.2, 0.25) is 11.8 Å². The summed E-state index contributed by atoms with van der Waals surface area (Å²) in [7, 11) is 0. The molecule has 0 atom stereocenters. The molecule has 11 rings (SSSR count). The molecule has 0 fully saturated rings. The summed E-state index contributed by atoms with van der Waals surface area (Å²) in [4.78, 5) is 25.3. The number of rotatable bonds is 5.